The first kappa shape index (κ1) is 26.4. The van der Waals surface area contributed by atoms with Crippen LogP contribution in [0.1, 0.15) is 113 Å². The molecule has 1 heterocycles. The first-order valence-corrected chi connectivity index (χ1v) is 13.8. The minimum atomic E-state index is -0.752. The Morgan fingerprint density at radius 2 is 1.56 bits per heavy atom. The van der Waals surface area contributed by atoms with Crippen LogP contribution in [0.3, 0.4) is 0 Å². The minimum Gasteiger partial charge on any atom is -0.390 e. The Hall–Kier alpha value is -0.710. The number of Topliss-reactive ketones (excluding diaryl/α,β-unsaturated/α-hetero) is 1. The SMILES string of the molecule is CC1=CC[C@@H]2[C@@H](CC[C@@]2(C)O)C(C)(C)[C@@H]1CC[C@@H]1[C@@]2(C)CCC(=O)C(C)(C)O[C@@H]2CC[C@]1(C)O. The molecule has 0 unspecified atom stereocenters. The summed E-state index contributed by atoms with van der Waals surface area (Å²) in [6.45, 7) is 17.3. The van der Waals surface area contributed by atoms with Gasteiger partial charge in [-0.3, -0.25) is 4.79 Å². The van der Waals surface area contributed by atoms with E-state index in [1.54, 1.807) is 0 Å². The standard InChI is InChI=1S/C30H50O4/c1-19-9-10-22-21(13-17-29(22,7)32)26(2,3)20(19)11-12-23-28(6)16-14-24(31)27(4,5)34-25(28)15-18-30(23,8)33/h9,20-23,25,32-33H,10-18H2,1-8H3/t20-,21-,22-,23-,25-,28-,29-,30+/m1/s1. The fraction of sp³-hybridized carbons (Fsp3) is 0.900. The molecule has 8 atom stereocenters. The van der Waals surface area contributed by atoms with Crippen LogP contribution in [-0.4, -0.2) is 38.9 Å². The van der Waals surface area contributed by atoms with E-state index < -0.39 is 16.8 Å². The number of aliphatic hydroxyl groups is 2. The molecule has 0 aromatic rings. The average molecular weight is 475 g/mol. The van der Waals surface area contributed by atoms with Crippen LogP contribution in [0.5, 0.6) is 0 Å². The van der Waals surface area contributed by atoms with Crippen molar-refractivity contribution in [2.24, 2.45) is 34.5 Å². The van der Waals surface area contributed by atoms with E-state index in [2.05, 4.69) is 33.8 Å². The second-order valence-corrected chi connectivity index (χ2v) is 14.2. The van der Waals surface area contributed by atoms with Gasteiger partial charge in [-0.15, -0.1) is 0 Å². The maximum atomic E-state index is 12.8. The fourth-order valence-corrected chi connectivity index (χ4v) is 8.95. The van der Waals surface area contributed by atoms with Crippen molar-refractivity contribution >= 4 is 5.78 Å². The molecule has 0 aromatic carbocycles. The van der Waals surface area contributed by atoms with Gasteiger partial charge in [0.15, 0.2) is 5.78 Å². The van der Waals surface area contributed by atoms with Crippen molar-refractivity contribution in [3.05, 3.63) is 11.6 Å². The summed E-state index contributed by atoms with van der Waals surface area (Å²) in [5.41, 5.74) is -0.733. The van der Waals surface area contributed by atoms with Crippen LogP contribution in [0.4, 0.5) is 0 Å². The largest absolute Gasteiger partial charge is 0.390 e. The van der Waals surface area contributed by atoms with Crippen LogP contribution < -0.4 is 0 Å². The number of carbonyl (C=O) groups is 1. The summed E-state index contributed by atoms with van der Waals surface area (Å²) in [5, 5.41) is 22.7. The lowest BCUT2D eigenvalue weighted by Crippen LogP contribution is -2.56. The van der Waals surface area contributed by atoms with E-state index in [4.69, 9.17) is 4.74 Å². The first-order valence-electron chi connectivity index (χ1n) is 13.8. The van der Waals surface area contributed by atoms with Crippen molar-refractivity contribution in [2.45, 2.75) is 136 Å². The van der Waals surface area contributed by atoms with Gasteiger partial charge in [0.25, 0.3) is 0 Å². The monoisotopic (exact) mass is 474 g/mol. The van der Waals surface area contributed by atoms with Gasteiger partial charge in [0.2, 0.25) is 0 Å². The lowest BCUT2D eigenvalue weighted by Gasteiger charge is -2.54. The van der Waals surface area contributed by atoms with E-state index in [1.165, 1.54) is 5.57 Å². The number of hydrogen-bond acceptors (Lipinski definition) is 4. The zero-order valence-electron chi connectivity index (χ0n) is 23.0. The van der Waals surface area contributed by atoms with E-state index in [-0.39, 0.29) is 28.6 Å². The summed E-state index contributed by atoms with van der Waals surface area (Å²) >= 11 is 0. The van der Waals surface area contributed by atoms with Crippen LogP contribution in [0, 0.1) is 34.5 Å². The Balaban J connectivity index is 1.60. The molecule has 2 saturated carbocycles. The number of allylic oxidation sites excluding steroid dienone is 2. The normalized spacial score (nSPS) is 48.4. The molecule has 0 amide bonds. The van der Waals surface area contributed by atoms with E-state index in [0.717, 1.165) is 51.4 Å². The highest BCUT2D eigenvalue weighted by Crippen LogP contribution is 2.59. The minimum absolute atomic E-state index is 0.00673. The molecule has 0 spiro atoms. The highest BCUT2D eigenvalue weighted by Gasteiger charge is 2.57. The van der Waals surface area contributed by atoms with Crippen molar-refractivity contribution < 1.29 is 19.7 Å². The van der Waals surface area contributed by atoms with Crippen molar-refractivity contribution in [3.63, 3.8) is 0 Å². The van der Waals surface area contributed by atoms with Crippen molar-refractivity contribution in [1.82, 2.24) is 0 Å². The van der Waals surface area contributed by atoms with Gasteiger partial charge in [-0.1, -0.05) is 32.4 Å². The number of carbonyl (C=O) groups excluding carboxylic acids is 1. The molecule has 1 aliphatic heterocycles. The Bertz CT molecular complexity index is 835. The van der Waals surface area contributed by atoms with Crippen LogP contribution in [0.15, 0.2) is 11.6 Å². The molecule has 4 aliphatic rings. The van der Waals surface area contributed by atoms with Crippen LogP contribution in [-0.2, 0) is 9.53 Å². The number of ether oxygens (including phenoxy) is 1. The van der Waals surface area contributed by atoms with E-state index >= 15 is 0 Å². The average Bonchev–Trinajstić information content (AvgIpc) is 2.93. The molecule has 3 aliphatic carbocycles. The highest BCUT2D eigenvalue weighted by molar-refractivity contribution is 5.86. The van der Waals surface area contributed by atoms with Gasteiger partial charge in [0.1, 0.15) is 5.60 Å². The molecule has 0 radical (unpaired) electrons. The molecule has 0 aromatic heterocycles. The Morgan fingerprint density at radius 3 is 2.24 bits per heavy atom. The fourth-order valence-electron chi connectivity index (χ4n) is 8.95. The third-order valence-electron chi connectivity index (χ3n) is 11.3. The Kier molecular flexibility index (Phi) is 6.52. The molecule has 4 rings (SSSR count). The number of hydrogen-bond donors (Lipinski definition) is 2. The molecule has 4 heteroatoms. The van der Waals surface area contributed by atoms with Gasteiger partial charge in [0.05, 0.1) is 17.3 Å². The third kappa shape index (κ3) is 4.24. The zero-order valence-corrected chi connectivity index (χ0v) is 23.0. The summed E-state index contributed by atoms with van der Waals surface area (Å²) in [5.74, 6) is 1.54. The summed E-state index contributed by atoms with van der Waals surface area (Å²) in [7, 11) is 0. The predicted octanol–water partition coefficient (Wildman–Crippen LogP) is 6.23. The summed E-state index contributed by atoms with van der Waals surface area (Å²) in [6.07, 6.45) is 10.2. The van der Waals surface area contributed by atoms with Crippen molar-refractivity contribution in [3.8, 4) is 0 Å². The van der Waals surface area contributed by atoms with Gasteiger partial charge >= 0.3 is 0 Å². The first-order chi connectivity index (χ1) is 15.5. The van der Waals surface area contributed by atoms with Crippen LogP contribution >= 0.6 is 0 Å². The van der Waals surface area contributed by atoms with E-state index in [0.29, 0.717) is 24.2 Å². The second kappa shape index (κ2) is 8.42. The number of ketones is 1. The Morgan fingerprint density at radius 1 is 0.912 bits per heavy atom. The van der Waals surface area contributed by atoms with Crippen LogP contribution in [0.25, 0.3) is 0 Å². The Labute approximate surface area is 207 Å². The van der Waals surface area contributed by atoms with Gasteiger partial charge < -0.3 is 14.9 Å². The highest BCUT2D eigenvalue weighted by atomic mass is 16.5. The molecule has 1 saturated heterocycles. The van der Waals surface area contributed by atoms with E-state index in [9.17, 15) is 15.0 Å². The zero-order chi connectivity index (χ0) is 25.3. The smallest absolute Gasteiger partial charge is 0.164 e. The molecule has 2 N–H and O–H groups in total. The maximum Gasteiger partial charge on any atom is 0.164 e. The van der Waals surface area contributed by atoms with Gasteiger partial charge in [-0.2, -0.15) is 0 Å². The number of rotatable bonds is 3. The summed E-state index contributed by atoms with van der Waals surface area (Å²) in [4.78, 5) is 12.8. The molecule has 0 bridgehead atoms. The molecule has 4 nitrogen and oxygen atoms in total. The predicted molar refractivity (Wildman–Crippen MR) is 136 cm³/mol. The lowest BCUT2D eigenvalue weighted by atomic mass is 9.55. The summed E-state index contributed by atoms with van der Waals surface area (Å²) < 4.78 is 6.50. The number of fused-ring (bicyclic) bond motifs is 2. The quantitative estimate of drug-likeness (QED) is 0.476. The van der Waals surface area contributed by atoms with Gasteiger partial charge in [0, 0.05) is 6.42 Å². The molecule has 194 valence electrons. The maximum absolute atomic E-state index is 12.8. The molecule has 3 fully saturated rings. The molecule has 34 heavy (non-hydrogen) atoms. The van der Waals surface area contributed by atoms with Crippen molar-refractivity contribution in [1.29, 1.82) is 0 Å². The molecular formula is C30H50O4. The lowest BCUT2D eigenvalue weighted by molar-refractivity contribution is -0.196. The topological polar surface area (TPSA) is 66.8 Å². The summed E-state index contributed by atoms with van der Waals surface area (Å²) in [6, 6.07) is 0. The van der Waals surface area contributed by atoms with Crippen molar-refractivity contribution in [2.75, 3.05) is 0 Å². The van der Waals surface area contributed by atoms with Gasteiger partial charge in [-0.25, -0.2) is 0 Å². The second-order valence-electron chi connectivity index (χ2n) is 14.2. The molecular weight excluding hydrogens is 424 g/mol. The van der Waals surface area contributed by atoms with Crippen LogP contribution in [0.2, 0.25) is 0 Å². The van der Waals surface area contributed by atoms with E-state index in [1.807, 2.05) is 27.7 Å². The third-order valence-corrected chi connectivity index (χ3v) is 11.3. The van der Waals surface area contributed by atoms with Gasteiger partial charge in [-0.05, 0) is 120 Å².